The Bertz CT molecular complexity index is 537. The molecule has 2 rings (SSSR count). The SMILES string of the molecule is CCCCCN1C(=O)C=C(Nc2ccc(Br)cc2)C1=O. The zero-order valence-corrected chi connectivity index (χ0v) is 12.9. The summed E-state index contributed by atoms with van der Waals surface area (Å²) in [6.07, 6.45) is 4.31. The predicted octanol–water partition coefficient (Wildman–Crippen LogP) is 3.30. The highest BCUT2D eigenvalue weighted by Crippen LogP contribution is 2.19. The van der Waals surface area contributed by atoms with Crippen LogP contribution in [0, 0.1) is 0 Å². The Hall–Kier alpha value is -1.62. The average Bonchev–Trinajstić information content (AvgIpc) is 2.69. The van der Waals surface area contributed by atoms with Gasteiger partial charge in [-0.05, 0) is 30.7 Å². The molecule has 1 N–H and O–H groups in total. The Morgan fingerprint density at radius 1 is 1.15 bits per heavy atom. The molecule has 1 aromatic carbocycles. The lowest BCUT2D eigenvalue weighted by molar-refractivity contribution is -0.137. The van der Waals surface area contributed by atoms with Gasteiger partial charge >= 0.3 is 0 Å². The van der Waals surface area contributed by atoms with Crippen molar-refractivity contribution in [2.24, 2.45) is 0 Å². The van der Waals surface area contributed by atoms with Gasteiger partial charge in [0.05, 0.1) is 0 Å². The number of carbonyl (C=O) groups is 2. The fraction of sp³-hybridized carbons (Fsp3) is 0.333. The second-order valence-electron chi connectivity index (χ2n) is 4.69. The van der Waals surface area contributed by atoms with Crippen molar-refractivity contribution in [3.05, 3.63) is 40.5 Å². The number of hydrogen-bond acceptors (Lipinski definition) is 3. The average molecular weight is 337 g/mol. The minimum atomic E-state index is -0.242. The molecule has 0 fully saturated rings. The lowest BCUT2D eigenvalue weighted by atomic mass is 10.2. The van der Waals surface area contributed by atoms with Gasteiger partial charge in [-0.2, -0.15) is 0 Å². The smallest absolute Gasteiger partial charge is 0.277 e. The Morgan fingerprint density at radius 3 is 2.50 bits per heavy atom. The van der Waals surface area contributed by atoms with Crippen LogP contribution in [0.5, 0.6) is 0 Å². The molecule has 1 aliphatic rings. The number of hydrogen-bond donors (Lipinski definition) is 1. The van der Waals surface area contributed by atoms with Gasteiger partial charge in [0.2, 0.25) is 0 Å². The summed E-state index contributed by atoms with van der Waals surface area (Å²) in [5, 5.41) is 3.00. The Balaban J connectivity index is 1.99. The van der Waals surface area contributed by atoms with Crippen molar-refractivity contribution in [3.8, 4) is 0 Å². The van der Waals surface area contributed by atoms with Gasteiger partial charge < -0.3 is 5.32 Å². The molecule has 0 aliphatic carbocycles. The molecule has 2 amide bonds. The van der Waals surface area contributed by atoms with Crippen LogP contribution in [0.2, 0.25) is 0 Å². The lowest BCUT2D eigenvalue weighted by Crippen LogP contribution is -2.32. The second-order valence-corrected chi connectivity index (χ2v) is 5.61. The summed E-state index contributed by atoms with van der Waals surface area (Å²) in [6.45, 7) is 2.58. The second kappa shape index (κ2) is 6.70. The lowest BCUT2D eigenvalue weighted by Gasteiger charge is -2.14. The first kappa shape index (κ1) is 14.8. The third-order valence-corrected chi connectivity index (χ3v) is 3.65. The molecule has 0 spiro atoms. The molecule has 0 atom stereocenters. The van der Waals surface area contributed by atoms with Crippen molar-refractivity contribution in [1.82, 2.24) is 4.90 Å². The molecule has 1 aliphatic heterocycles. The van der Waals surface area contributed by atoms with Crippen molar-refractivity contribution >= 4 is 33.4 Å². The quantitative estimate of drug-likeness (QED) is 0.640. The molecule has 0 saturated carbocycles. The topological polar surface area (TPSA) is 49.4 Å². The van der Waals surface area contributed by atoms with Gasteiger partial charge in [-0.25, -0.2) is 0 Å². The van der Waals surface area contributed by atoms with Crippen LogP contribution >= 0.6 is 15.9 Å². The maximum absolute atomic E-state index is 12.1. The number of carbonyl (C=O) groups excluding carboxylic acids is 2. The van der Waals surface area contributed by atoms with Crippen LogP contribution < -0.4 is 5.32 Å². The molecule has 1 aromatic rings. The highest BCUT2D eigenvalue weighted by atomic mass is 79.9. The number of unbranched alkanes of at least 4 members (excludes halogenated alkanes) is 2. The van der Waals surface area contributed by atoms with E-state index in [2.05, 4.69) is 28.2 Å². The van der Waals surface area contributed by atoms with Crippen LogP contribution in [0.1, 0.15) is 26.2 Å². The third kappa shape index (κ3) is 3.48. The van der Waals surface area contributed by atoms with Gasteiger partial charge in [-0.3, -0.25) is 14.5 Å². The molecule has 0 aromatic heterocycles. The molecule has 0 saturated heterocycles. The number of amides is 2. The Labute approximate surface area is 127 Å². The summed E-state index contributed by atoms with van der Waals surface area (Å²) in [5.41, 5.74) is 1.13. The van der Waals surface area contributed by atoms with Crippen molar-refractivity contribution in [2.75, 3.05) is 11.9 Å². The van der Waals surface area contributed by atoms with E-state index < -0.39 is 0 Å². The normalized spacial score (nSPS) is 14.7. The van der Waals surface area contributed by atoms with Gasteiger partial charge in [0.15, 0.2) is 0 Å². The molecule has 106 valence electrons. The zero-order chi connectivity index (χ0) is 14.5. The van der Waals surface area contributed by atoms with E-state index in [-0.39, 0.29) is 11.8 Å². The fourth-order valence-electron chi connectivity index (χ4n) is 2.02. The molecule has 20 heavy (non-hydrogen) atoms. The van der Waals surface area contributed by atoms with E-state index >= 15 is 0 Å². The maximum Gasteiger partial charge on any atom is 0.277 e. The molecular weight excluding hydrogens is 320 g/mol. The van der Waals surface area contributed by atoms with Gasteiger partial charge in [-0.1, -0.05) is 35.7 Å². The van der Waals surface area contributed by atoms with E-state index in [0.717, 1.165) is 29.4 Å². The van der Waals surface area contributed by atoms with Gasteiger partial charge in [0.1, 0.15) is 5.70 Å². The molecule has 1 heterocycles. The first-order valence-corrected chi connectivity index (χ1v) is 7.51. The number of nitrogens with one attached hydrogen (secondary N) is 1. The van der Waals surface area contributed by atoms with Crippen molar-refractivity contribution in [3.63, 3.8) is 0 Å². The zero-order valence-electron chi connectivity index (χ0n) is 11.4. The highest BCUT2D eigenvalue weighted by molar-refractivity contribution is 9.10. The summed E-state index contributed by atoms with van der Waals surface area (Å²) in [5.74, 6) is -0.472. The standard InChI is InChI=1S/C15H17BrN2O2/c1-2-3-4-9-18-14(19)10-13(15(18)20)17-12-7-5-11(16)6-8-12/h5-8,10,17H,2-4,9H2,1H3. The molecule has 5 heteroatoms. The largest absolute Gasteiger partial charge is 0.351 e. The Morgan fingerprint density at radius 2 is 1.85 bits per heavy atom. The molecule has 0 radical (unpaired) electrons. The van der Waals surface area contributed by atoms with Gasteiger partial charge in [-0.15, -0.1) is 0 Å². The van der Waals surface area contributed by atoms with Crippen LogP contribution in [0.4, 0.5) is 5.69 Å². The van der Waals surface area contributed by atoms with Crippen LogP contribution in [0.15, 0.2) is 40.5 Å². The van der Waals surface area contributed by atoms with Crippen LogP contribution in [0.25, 0.3) is 0 Å². The van der Waals surface area contributed by atoms with Gasteiger partial charge in [0, 0.05) is 22.8 Å². The maximum atomic E-state index is 12.1. The van der Waals surface area contributed by atoms with E-state index in [4.69, 9.17) is 0 Å². The first-order valence-electron chi connectivity index (χ1n) is 6.72. The molecule has 0 unspecified atom stereocenters. The number of rotatable bonds is 6. The molecule has 0 bridgehead atoms. The predicted molar refractivity (Wildman–Crippen MR) is 82.1 cm³/mol. The summed E-state index contributed by atoms with van der Waals surface area (Å²) < 4.78 is 0.965. The number of imide groups is 1. The third-order valence-electron chi connectivity index (χ3n) is 3.12. The van der Waals surface area contributed by atoms with E-state index in [1.807, 2.05) is 24.3 Å². The van der Waals surface area contributed by atoms with Crippen molar-refractivity contribution in [1.29, 1.82) is 0 Å². The van der Waals surface area contributed by atoms with E-state index in [9.17, 15) is 9.59 Å². The molecular formula is C15H17BrN2O2. The number of nitrogens with zero attached hydrogens (tertiary/aromatic N) is 1. The van der Waals surface area contributed by atoms with Crippen LogP contribution in [-0.2, 0) is 9.59 Å². The number of anilines is 1. The first-order chi connectivity index (χ1) is 9.61. The molecule has 4 nitrogen and oxygen atoms in total. The fourth-order valence-corrected chi connectivity index (χ4v) is 2.28. The summed E-state index contributed by atoms with van der Waals surface area (Å²) in [6, 6.07) is 7.46. The minimum Gasteiger partial charge on any atom is -0.351 e. The number of halogens is 1. The van der Waals surface area contributed by atoms with Crippen molar-refractivity contribution < 1.29 is 9.59 Å². The Kier molecular flexibility index (Phi) is 4.95. The van der Waals surface area contributed by atoms with Crippen LogP contribution in [0.3, 0.4) is 0 Å². The van der Waals surface area contributed by atoms with Crippen LogP contribution in [-0.4, -0.2) is 23.3 Å². The van der Waals surface area contributed by atoms with Gasteiger partial charge in [0.25, 0.3) is 11.8 Å². The van der Waals surface area contributed by atoms with E-state index in [0.29, 0.717) is 12.2 Å². The minimum absolute atomic E-state index is 0.231. The van der Waals surface area contributed by atoms with E-state index in [1.54, 1.807) is 0 Å². The monoisotopic (exact) mass is 336 g/mol. The summed E-state index contributed by atoms with van der Waals surface area (Å²) >= 11 is 3.35. The number of benzene rings is 1. The summed E-state index contributed by atoms with van der Waals surface area (Å²) in [4.78, 5) is 25.3. The van der Waals surface area contributed by atoms with E-state index in [1.165, 1.54) is 11.0 Å². The summed E-state index contributed by atoms with van der Waals surface area (Å²) in [7, 11) is 0. The highest BCUT2D eigenvalue weighted by Gasteiger charge is 2.30. The van der Waals surface area contributed by atoms with Crippen molar-refractivity contribution in [2.45, 2.75) is 26.2 Å².